The van der Waals surface area contributed by atoms with Gasteiger partial charge in [-0.2, -0.15) is 4.39 Å². The van der Waals surface area contributed by atoms with Crippen LogP contribution < -0.4 is 10.2 Å². The van der Waals surface area contributed by atoms with Crippen molar-refractivity contribution in [2.75, 3.05) is 6.54 Å². The third kappa shape index (κ3) is 6.07. The van der Waals surface area contributed by atoms with Crippen LogP contribution in [-0.4, -0.2) is 30.6 Å². The number of carbonyl (C=O) groups is 1. The van der Waals surface area contributed by atoms with Crippen LogP contribution in [0.3, 0.4) is 0 Å². The number of halogens is 2. The molecule has 0 radical (unpaired) electrons. The van der Waals surface area contributed by atoms with Crippen LogP contribution in [-0.2, 0) is 10.0 Å². The normalized spacial score (nSPS) is 11.7. The van der Waals surface area contributed by atoms with Gasteiger partial charge < -0.3 is 5.11 Å². The minimum absolute atomic E-state index is 0.0378. The van der Waals surface area contributed by atoms with Crippen LogP contribution in [0.25, 0.3) is 27.7 Å². The molecular weight excluding hydrogens is 526 g/mol. The Morgan fingerprint density at radius 2 is 1.54 bits per heavy atom. The van der Waals surface area contributed by atoms with Gasteiger partial charge in [0.05, 0.1) is 10.4 Å². The Labute approximate surface area is 224 Å². The first-order valence-corrected chi connectivity index (χ1v) is 14.1. The zero-order valence-corrected chi connectivity index (χ0v) is 22.1. The monoisotopic (exact) mass is 554 g/mol. The maximum absolute atomic E-state index is 15.4. The molecule has 1 heterocycles. The van der Waals surface area contributed by atoms with Crippen LogP contribution in [0.2, 0.25) is 0 Å². The van der Waals surface area contributed by atoms with Crippen LogP contribution in [0.15, 0.2) is 76.4 Å². The number of pyridine rings is 1. The molecule has 4 rings (SSSR count). The Balaban J connectivity index is 1.70. The van der Waals surface area contributed by atoms with Crippen molar-refractivity contribution >= 4 is 26.9 Å². The molecule has 0 bridgehead atoms. The highest BCUT2D eigenvalue weighted by Crippen LogP contribution is 2.28. The lowest BCUT2D eigenvalue weighted by Crippen LogP contribution is -2.24. The number of carboxylic acid groups (broad SMARTS) is 1. The molecule has 0 aliphatic rings. The van der Waals surface area contributed by atoms with Crippen molar-refractivity contribution in [1.82, 2.24) is 9.29 Å². The molecule has 0 atom stereocenters. The number of nitrogens with one attached hydrogen (secondary N) is 1. The van der Waals surface area contributed by atoms with E-state index in [1.54, 1.807) is 18.2 Å². The molecule has 0 fully saturated rings. The number of sulfonamides is 1. The fourth-order valence-electron chi connectivity index (χ4n) is 4.41. The molecule has 0 saturated carbocycles. The Hall–Kier alpha value is -3.89. The van der Waals surface area contributed by atoms with E-state index < -0.39 is 38.7 Å². The van der Waals surface area contributed by atoms with Crippen LogP contribution in [0.1, 0.15) is 49.4 Å². The molecule has 1 aromatic heterocycles. The van der Waals surface area contributed by atoms with Gasteiger partial charge in [-0.15, -0.1) is 0 Å². The highest BCUT2D eigenvalue weighted by atomic mass is 32.2. The molecule has 3 aromatic carbocycles. The quantitative estimate of drug-likeness (QED) is 0.178. The van der Waals surface area contributed by atoms with Gasteiger partial charge in [-0.1, -0.05) is 50.8 Å². The van der Waals surface area contributed by atoms with E-state index in [9.17, 15) is 27.5 Å². The number of rotatable bonds is 11. The lowest BCUT2D eigenvalue weighted by Gasteiger charge is -2.16. The standard InChI is InChI=1S/C29H28F2N2O5S/c1-2-3-4-5-6-17-32-39(37,38)23-14-7-19(8-15-23)20-9-16-24-25(18-20)33(22-12-10-21(30)11-13-22)28(31)26(27(24)34)29(35)36/h7-16,18,32H,2-6,17H2,1H3,(H,35,36). The van der Waals surface area contributed by atoms with Gasteiger partial charge in [0.2, 0.25) is 21.4 Å². The van der Waals surface area contributed by atoms with Crippen LogP contribution >= 0.6 is 0 Å². The lowest BCUT2D eigenvalue weighted by molar-refractivity contribution is 0.0689. The Morgan fingerprint density at radius 1 is 0.897 bits per heavy atom. The summed E-state index contributed by atoms with van der Waals surface area (Å²) in [4.78, 5) is 24.6. The molecule has 0 aliphatic carbocycles. The van der Waals surface area contributed by atoms with Crippen molar-refractivity contribution in [3.63, 3.8) is 0 Å². The second-order valence-electron chi connectivity index (χ2n) is 9.18. The molecule has 0 aliphatic heterocycles. The lowest BCUT2D eigenvalue weighted by atomic mass is 10.0. The summed E-state index contributed by atoms with van der Waals surface area (Å²) < 4.78 is 57.8. The van der Waals surface area contributed by atoms with E-state index in [0.717, 1.165) is 48.8 Å². The predicted molar refractivity (Wildman–Crippen MR) is 146 cm³/mol. The number of aromatic nitrogens is 1. The number of unbranched alkanes of at least 4 members (excludes halogenated alkanes) is 4. The van der Waals surface area contributed by atoms with Crippen LogP contribution in [0.4, 0.5) is 8.78 Å². The summed E-state index contributed by atoms with van der Waals surface area (Å²) in [5.74, 6) is -3.57. The van der Waals surface area contributed by atoms with E-state index >= 15 is 4.39 Å². The second-order valence-corrected chi connectivity index (χ2v) is 10.9. The van der Waals surface area contributed by atoms with Gasteiger partial charge in [0.1, 0.15) is 5.82 Å². The highest BCUT2D eigenvalue weighted by molar-refractivity contribution is 7.89. The van der Waals surface area contributed by atoms with Gasteiger partial charge in [-0.3, -0.25) is 9.36 Å². The minimum atomic E-state index is -3.69. The SMILES string of the molecule is CCCCCCCNS(=O)(=O)c1ccc(-c2ccc3c(=O)c(C(=O)O)c(F)n(-c4ccc(F)cc4)c3c2)cc1. The maximum Gasteiger partial charge on any atom is 0.344 e. The van der Waals surface area contributed by atoms with Crippen molar-refractivity contribution < 1.29 is 27.1 Å². The fraction of sp³-hybridized carbons (Fsp3) is 0.241. The fourth-order valence-corrected chi connectivity index (χ4v) is 5.48. The molecule has 204 valence electrons. The highest BCUT2D eigenvalue weighted by Gasteiger charge is 2.23. The molecular formula is C29H28F2N2O5S. The van der Waals surface area contributed by atoms with E-state index in [1.165, 1.54) is 36.4 Å². The molecule has 0 saturated heterocycles. The van der Waals surface area contributed by atoms with Crippen LogP contribution in [0, 0.1) is 11.8 Å². The number of carboxylic acids is 1. The zero-order chi connectivity index (χ0) is 28.2. The zero-order valence-electron chi connectivity index (χ0n) is 21.3. The van der Waals surface area contributed by atoms with Crippen molar-refractivity contribution in [1.29, 1.82) is 0 Å². The largest absolute Gasteiger partial charge is 0.477 e. The minimum Gasteiger partial charge on any atom is -0.477 e. The summed E-state index contributed by atoms with van der Waals surface area (Å²) in [5.41, 5.74) is -0.674. The van der Waals surface area contributed by atoms with Crippen molar-refractivity contribution in [2.24, 2.45) is 0 Å². The molecule has 0 unspecified atom stereocenters. The first-order chi connectivity index (χ1) is 18.6. The summed E-state index contributed by atoms with van der Waals surface area (Å²) in [7, 11) is -3.69. The van der Waals surface area contributed by atoms with Gasteiger partial charge in [0.15, 0.2) is 5.56 Å². The smallest absolute Gasteiger partial charge is 0.344 e. The number of hydrogen-bond acceptors (Lipinski definition) is 4. The first kappa shape index (κ1) is 28.1. The number of fused-ring (bicyclic) bond motifs is 1. The summed E-state index contributed by atoms with van der Waals surface area (Å²) in [6.07, 6.45) is 5.00. The molecule has 0 spiro atoms. The van der Waals surface area contributed by atoms with Gasteiger partial charge in [-0.05, 0) is 66.1 Å². The number of aromatic carboxylic acids is 1. The molecule has 0 amide bonds. The first-order valence-electron chi connectivity index (χ1n) is 12.6. The van der Waals surface area contributed by atoms with Gasteiger partial charge >= 0.3 is 5.97 Å². The average Bonchev–Trinajstić information content (AvgIpc) is 2.91. The topological polar surface area (TPSA) is 105 Å². The number of benzene rings is 3. The molecule has 10 heteroatoms. The van der Waals surface area contributed by atoms with E-state index in [1.807, 2.05) is 0 Å². The predicted octanol–water partition coefficient (Wildman–Crippen LogP) is 5.88. The number of nitrogens with zero attached hydrogens (tertiary/aromatic N) is 1. The Bertz CT molecular complexity index is 1670. The number of hydrogen-bond donors (Lipinski definition) is 2. The van der Waals surface area contributed by atoms with E-state index in [-0.39, 0.29) is 21.5 Å². The van der Waals surface area contributed by atoms with Gasteiger partial charge in [-0.25, -0.2) is 22.3 Å². The molecule has 7 nitrogen and oxygen atoms in total. The van der Waals surface area contributed by atoms with Crippen molar-refractivity contribution in [2.45, 2.75) is 43.9 Å². The molecule has 4 aromatic rings. The third-order valence-electron chi connectivity index (χ3n) is 6.48. The third-order valence-corrected chi connectivity index (χ3v) is 7.96. The summed E-state index contributed by atoms with van der Waals surface area (Å²) >= 11 is 0. The van der Waals surface area contributed by atoms with E-state index in [0.29, 0.717) is 17.7 Å². The molecule has 2 N–H and O–H groups in total. The Morgan fingerprint density at radius 3 is 2.18 bits per heavy atom. The van der Waals surface area contributed by atoms with Gasteiger partial charge in [0, 0.05) is 17.6 Å². The summed E-state index contributed by atoms with van der Waals surface area (Å²) in [6, 6.07) is 15.3. The van der Waals surface area contributed by atoms with E-state index in [4.69, 9.17) is 0 Å². The average molecular weight is 555 g/mol. The van der Waals surface area contributed by atoms with Crippen LogP contribution in [0.5, 0.6) is 0 Å². The summed E-state index contributed by atoms with van der Waals surface area (Å²) in [6.45, 7) is 2.46. The molecule has 39 heavy (non-hydrogen) atoms. The Kier molecular flexibility index (Phi) is 8.57. The van der Waals surface area contributed by atoms with Crippen molar-refractivity contribution in [3.8, 4) is 16.8 Å². The van der Waals surface area contributed by atoms with E-state index in [2.05, 4.69) is 11.6 Å². The van der Waals surface area contributed by atoms with Gasteiger partial charge in [0.25, 0.3) is 0 Å². The maximum atomic E-state index is 15.4. The van der Waals surface area contributed by atoms with Crippen molar-refractivity contribution in [3.05, 3.63) is 94.3 Å². The second kappa shape index (κ2) is 11.9. The summed E-state index contributed by atoms with van der Waals surface area (Å²) in [5, 5.41) is 9.44.